The molecular formula is C21H22FNO2. The molecule has 3 atom stereocenters. The first kappa shape index (κ1) is 16.1. The van der Waals surface area contributed by atoms with Gasteiger partial charge in [-0.25, -0.2) is 4.39 Å². The van der Waals surface area contributed by atoms with Gasteiger partial charge in [0.05, 0.1) is 13.2 Å². The lowest BCUT2D eigenvalue weighted by molar-refractivity contribution is -0.133. The van der Waals surface area contributed by atoms with Crippen LogP contribution in [0.3, 0.4) is 0 Å². The Kier molecular flexibility index (Phi) is 4.20. The molecule has 2 aromatic carbocycles. The molecule has 1 aliphatic heterocycles. The number of hydrogen-bond acceptors (Lipinski definition) is 2. The second-order valence-electron chi connectivity index (χ2n) is 6.96. The molecule has 1 heterocycles. The number of ether oxygens (including phenoxy) is 1. The Morgan fingerprint density at radius 3 is 2.44 bits per heavy atom. The number of benzene rings is 2. The third-order valence-corrected chi connectivity index (χ3v) is 5.44. The monoisotopic (exact) mass is 339 g/mol. The highest BCUT2D eigenvalue weighted by atomic mass is 19.1. The van der Waals surface area contributed by atoms with E-state index in [1.165, 1.54) is 17.7 Å². The van der Waals surface area contributed by atoms with Crippen molar-refractivity contribution in [3.8, 4) is 5.75 Å². The minimum absolute atomic E-state index is 0.0457. The molecule has 130 valence electrons. The molecule has 1 saturated carbocycles. The first-order chi connectivity index (χ1) is 12.2. The summed E-state index contributed by atoms with van der Waals surface area (Å²) in [5.41, 5.74) is 2.24. The quantitative estimate of drug-likeness (QED) is 0.831. The van der Waals surface area contributed by atoms with E-state index < -0.39 is 0 Å². The number of rotatable bonds is 4. The highest BCUT2D eigenvalue weighted by molar-refractivity contribution is 5.83. The van der Waals surface area contributed by atoms with E-state index in [2.05, 4.69) is 12.1 Å². The minimum atomic E-state index is -0.230. The van der Waals surface area contributed by atoms with Crippen molar-refractivity contribution in [3.63, 3.8) is 0 Å². The molecular weight excluding hydrogens is 317 g/mol. The van der Waals surface area contributed by atoms with Gasteiger partial charge in [0.25, 0.3) is 0 Å². The van der Waals surface area contributed by atoms with Gasteiger partial charge in [-0.15, -0.1) is 0 Å². The Balaban J connectivity index is 1.47. The van der Waals surface area contributed by atoms with Crippen LogP contribution >= 0.6 is 0 Å². The molecule has 0 aromatic heterocycles. The lowest BCUT2D eigenvalue weighted by atomic mass is 10.0. The number of hydrogen-bond donors (Lipinski definition) is 0. The van der Waals surface area contributed by atoms with Crippen LogP contribution in [0.2, 0.25) is 0 Å². The predicted octanol–water partition coefficient (Wildman–Crippen LogP) is 4.30. The van der Waals surface area contributed by atoms with Crippen molar-refractivity contribution < 1.29 is 13.9 Å². The number of amides is 1. The smallest absolute Gasteiger partial charge is 0.226 e. The Hall–Kier alpha value is -2.36. The van der Waals surface area contributed by atoms with Crippen LogP contribution in [0.4, 0.5) is 4.39 Å². The van der Waals surface area contributed by atoms with Gasteiger partial charge in [-0.05, 0) is 60.6 Å². The van der Waals surface area contributed by atoms with Gasteiger partial charge in [0.1, 0.15) is 11.6 Å². The van der Waals surface area contributed by atoms with Crippen LogP contribution in [0.1, 0.15) is 42.3 Å². The van der Waals surface area contributed by atoms with Crippen LogP contribution in [0.25, 0.3) is 0 Å². The standard InChI is InChI=1S/C21H22FNO2/c1-25-17-10-6-15(7-11-17)20-3-2-12-23(20)21(24)19-13-18(19)14-4-8-16(22)9-5-14/h4-11,18-20H,2-3,12-13H2,1H3. The van der Waals surface area contributed by atoms with Crippen LogP contribution in [0, 0.1) is 11.7 Å². The summed E-state index contributed by atoms with van der Waals surface area (Å²) in [4.78, 5) is 15.0. The molecule has 4 rings (SSSR count). The fourth-order valence-electron chi connectivity index (χ4n) is 3.96. The van der Waals surface area contributed by atoms with E-state index in [1.54, 1.807) is 19.2 Å². The first-order valence-electron chi connectivity index (χ1n) is 8.87. The Morgan fingerprint density at radius 2 is 1.76 bits per heavy atom. The highest BCUT2D eigenvalue weighted by Gasteiger charge is 2.47. The number of halogens is 1. The highest BCUT2D eigenvalue weighted by Crippen LogP contribution is 2.50. The zero-order valence-electron chi connectivity index (χ0n) is 14.3. The zero-order chi connectivity index (χ0) is 17.4. The Morgan fingerprint density at radius 1 is 1.08 bits per heavy atom. The molecule has 2 fully saturated rings. The molecule has 2 aromatic rings. The number of carbonyl (C=O) groups is 1. The number of carbonyl (C=O) groups excluding carboxylic acids is 1. The maximum absolute atomic E-state index is 13.1. The normalized spacial score (nSPS) is 25.0. The van der Waals surface area contributed by atoms with Gasteiger partial charge in [0.2, 0.25) is 5.91 Å². The van der Waals surface area contributed by atoms with Gasteiger partial charge in [0, 0.05) is 12.5 Å². The van der Waals surface area contributed by atoms with Crippen molar-refractivity contribution in [2.24, 2.45) is 5.92 Å². The van der Waals surface area contributed by atoms with Gasteiger partial charge in [-0.1, -0.05) is 24.3 Å². The van der Waals surface area contributed by atoms with Crippen molar-refractivity contribution in [3.05, 3.63) is 65.5 Å². The van der Waals surface area contributed by atoms with Crippen molar-refractivity contribution in [1.82, 2.24) is 4.90 Å². The first-order valence-corrected chi connectivity index (χ1v) is 8.87. The molecule has 3 unspecified atom stereocenters. The average molecular weight is 339 g/mol. The van der Waals surface area contributed by atoms with Crippen LogP contribution in [-0.4, -0.2) is 24.5 Å². The summed E-state index contributed by atoms with van der Waals surface area (Å²) in [6, 6.07) is 14.7. The predicted molar refractivity (Wildman–Crippen MR) is 93.9 cm³/mol. The number of likely N-dealkylation sites (tertiary alicyclic amines) is 1. The van der Waals surface area contributed by atoms with Crippen LogP contribution in [0.15, 0.2) is 48.5 Å². The fourth-order valence-corrected chi connectivity index (χ4v) is 3.96. The van der Waals surface area contributed by atoms with E-state index in [0.717, 1.165) is 37.1 Å². The van der Waals surface area contributed by atoms with Crippen molar-refractivity contribution in [1.29, 1.82) is 0 Å². The number of methoxy groups -OCH3 is 1. The average Bonchev–Trinajstić information content (AvgIpc) is 3.29. The summed E-state index contributed by atoms with van der Waals surface area (Å²) in [7, 11) is 1.66. The van der Waals surface area contributed by atoms with E-state index in [0.29, 0.717) is 0 Å². The molecule has 0 bridgehead atoms. The minimum Gasteiger partial charge on any atom is -0.497 e. The van der Waals surface area contributed by atoms with E-state index >= 15 is 0 Å². The SMILES string of the molecule is COc1ccc(C2CCCN2C(=O)C2CC2c2ccc(F)cc2)cc1. The zero-order valence-corrected chi connectivity index (χ0v) is 14.3. The summed E-state index contributed by atoms with van der Waals surface area (Å²) < 4.78 is 18.3. The Bertz CT molecular complexity index is 756. The van der Waals surface area contributed by atoms with Crippen LogP contribution in [0.5, 0.6) is 5.75 Å². The molecule has 2 aliphatic rings. The molecule has 0 spiro atoms. The van der Waals surface area contributed by atoms with Gasteiger partial charge in [-0.2, -0.15) is 0 Å². The van der Waals surface area contributed by atoms with Gasteiger partial charge in [-0.3, -0.25) is 4.79 Å². The molecule has 0 radical (unpaired) electrons. The summed E-state index contributed by atoms with van der Waals surface area (Å²) >= 11 is 0. The van der Waals surface area contributed by atoms with Crippen molar-refractivity contribution in [2.75, 3.05) is 13.7 Å². The Labute approximate surface area is 147 Å². The number of nitrogens with zero attached hydrogens (tertiary/aromatic N) is 1. The van der Waals surface area contributed by atoms with Crippen LogP contribution < -0.4 is 4.74 Å². The van der Waals surface area contributed by atoms with Crippen molar-refractivity contribution >= 4 is 5.91 Å². The topological polar surface area (TPSA) is 29.5 Å². The lowest BCUT2D eigenvalue weighted by Crippen LogP contribution is -2.32. The second kappa shape index (κ2) is 6.51. The summed E-state index contributed by atoms with van der Waals surface area (Å²) in [5, 5.41) is 0. The fraction of sp³-hybridized carbons (Fsp3) is 0.381. The largest absolute Gasteiger partial charge is 0.497 e. The molecule has 0 N–H and O–H groups in total. The summed E-state index contributed by atoms with van der Waals surface area (Å²) in [6.45, 7) is 0.822. The van der Waals surface area contributed by atoms with E-state index in [4.69, 9.17) is 4.74 Å². The summed E-state index contributed by atoms with van der Waals surface area (Å²) in [5.74, 6) is 1.13. The van der Waals surface area contributed by atoms with E-state index in [9.17, 15) is 9.18 Å². The third kappa shape index (κ3) is 3.13. The second-order valence-corrected chi connectivity index (χ2v) is 6.96. The molecule has 4 heteroatoms. The molecule has 1 saturated heterocycles. The molecule has 1 aliphatic carbocycles. The molecule has 3 nitrogen and oxygen atoms in total. The van der Waals surface area contributed by atoms with Gasteiger partial charge in [0.15, 0.2) is 0 Å². The maximum Gasteiger partial charge on any atom is 0.226 e. The van der Waals surface area contributed by atoms with Gasteiger partial charge < -0.3 is 9.64 Å². The summed E-state index contributed by atoms with van der Waals surface area (Å²) in [6.07, 6.45) is 2.92. The van der Waals surface area contributed by atoms with Gasteiger partial charge >= 0.3 is 0 Å². The van der Waals surface area contributed by atoms with E-state index in [1.807, 2.05) is 17.0 Å². The van der Waals surface area contributed by atoms with E-state index in [-0.39, 0.29) is 29.6 Å². The molecule has 25 heavy (non-hydrogen) atoms. The maximum atomic E-state index is 13.1. The molecule has 1 amide bonds. The van der Waals surface area contributed by atoms with Crippen molar-refractivity contribution in [2.45, 2.75) is 31.2 Å². The lowest BCUT2D eigenvalue weighted by Gasteiger charge is -2.25. The van der Waals surface area contributed by atoms with Crippen LogP contribution in [-0.2, 0) is 4.79 Å². The third-order valence-electron chi connectivity index (χ3n) is 5.44.